The van der Waals surface area contributed by atoms with Gasteiger partial charge < -0.3 is 10.2 Å². The highest BCUT2D eigenvalue weighted by atomic mass is 15.2. The summed E-state index contributed by atoms with van der Waals surface area (Å²) in [7, 11) is 4.35. The average molecular weight is 257 g/mol. The molecule has 3 nitrogen and oxygen atoms in total. The normalized spacial score (nSPS) is 18.7. The van der Waals surface area contributed by atoms with Crippen LogP contribution in [0.1, 0.15) is 43.4 Å². The average Bonchev–Trinajstić information content (AvgIpc) is 2.37. The van der Waals surface area contributed by atoms with Gasteiger partial charge in [0.05, 0.1) is 11.6 Å². The molecule has 1 saturated carbocycles. The Morgan fingerprint density at radius 1 is 1.32 bits per heavy atom. The Balaban J connectivity index is 1.93. The molecular weight excluding hydrogens is 234 g/mol. The molecule has 1 atom stereocenters. The SMILES string of the molecule is CC(NCC1(N(C)C)CCC1)c1ccc(C#N)cc1. The fourth-order valence-corrected chi connectivity index (χ4v) is 2.67. The highest BCUT2D eigenvalue weighted by Gasteiger charge is 2.38. The van der Waals surface area contributed by atoms with E-state index in [-0.39, 0.29) is 0 Å². The van der Waals surface area contributed by atoms with Crippen LogP contribution < -0.4 is 5.32 Å². The van der Waals surface area contributed by atoms with Gasteiger partial charge in [0.15, 0.2) is 0 Å². The maximum absolute atomic E-state index is 8.81. The molecule has 2 rings (SSSR count). The Morgan fingerprint density at radius 3 is 2.37 bits per heavy atom. The van der Waals surface area contributed by atoms with Gasteiger partial charge >= 0.3 is 0 Å². The van der Waals surface area contributed by atoms with Gasteiger partial charge in [0, 0.05) is 18.1 Å². The zero-order chi connectivity index (χ0) is 13.9. The molecule has 0 aromatic heterocycles. The molecule has 1 unspecified atom stereocenters. The Morgan fingerprint density at radius 2 is 1.95 bits per heavy atom. The Kier molecular flexibility index (Phi) is 4.24. The van der Waals surface area contributed by atoms with E-state index in [1.807, 2.05) is 24.3 Å². The van der Waals surface area contributed by atoms with Crippen LogP contribution in [0.2, 0.25) is 0 Å². The van der Waals surface area contributed by atoms with Gasteiger partial charge in [-0.2, -0.15) is 5.26 Å². The number of likely N-dealkylation sites (N-methyl/N-ethyl adjacent to an activating group) is 1. The van der Waals surface area contributed by atoms with Crippen LogP contribution in [0.5, 0.6) is 0 Å². The predicted molar refractivity (Wildman–Crippen MR) is 77.8 cm³/mol. The van der Waals surface area contributed by atoms with Crippen molar-refractivity contribution >= 4 is 0 Å². The molecule has 0 saturated heterocycles. The lowest BCUT2D eigenvalue weighted by atomic mass is 9.75. The molecule has 1 aromatic rings. The predicted octanol–water partition coefficient (Wildman–Crippen LogP) is 2.69. The largest absolute Gasteiger partial charge is 0.308 e. The summed E-state index contributed by atoms with van der Waals surface area (Å²) in [5.74, 6) is 0. The first-order valence-electron chi connectivity index (χ1n) is 6.98. The van der Waals surface area contributed by atoms with Crippen LogP contribution in [0.15, 0.2) is 24.3 Å². The molecule has 19 heavy (non-hydrogen) atoms. The molecular formula is C16H23N3. The van der Waals surface area contributed by atoms with Crippen molar-refractivity contribution < 1.29 is 0 Å². The van der Waals surface area contributed by atoms with E-state index in [1.54, 1.807) is 0 Å². The number of benzene rings is 1. The standard InChI is InChI=1S/C16H23N3/c1-13(15-7-5-14(11-17)6-8-15)18-12-16(19(2)3)9-4-10-16/h5-8,13,18H,4,9-10,12H2,1-3H3. The van der Waals surface area contributed by atoms with E-state index in [9.17, 15) is 0 Å². The number of nitriles is 1. The highest BCUT2D eigenvalue weighted by molar-refractivity contribution is 5.32. The fourth-order valence-electron chi connectivity index (χ4n) is 2.67. The van der Waals surface area contributed by atoms with Crippen molar-refractivity contribution in [1.82, 2.24) is 10.2 Å². The van der Waals surface area contributed by atoms with Gasteiger partial charge in [-0.25, -0.2) is 0 Å². The van der Waals surface area contributed by atoms with E-state index in [0.717, 1.165) is 12.1 Å². The number of rotatable bonds is 5. The highest BCUT2D eigenvalue weighted by Crippen LogP contribution is 2.35. The molecule has 3 heteroatoms. The summed E-state index contributed by atoms with van der Waals surface area (Å²) in [4.78, 5) is 2.36. The molecule has 0 heterocycles. The Hall–Kier alpha value is -1.37. The van der Waals surface area contributed by atoms with Crippen LogP contribution in [0, 0.1) is 11.3 Å². The minimum Gasteiger partial charge on any atom is -0.308 e. The smallest absolute Gasteiger partial charge is 0.0991 e. The summed E-state index contributed by atoms with van der Waals surface area (Å²) in [6, 6.07) is 10.3. The summed E-state index contributed by atoms with van der Waals surface area (Å²) in [6.45, 7) is 3.21. The van der Waals surface area contributed by atoms with Gasteiger partial charge in [-0.3, -0.25) is 0 Å². The van der Waals surface area contributed by atoms with E-state index in [0.29, 0.717) is 11.6 Å². The van der Waals surface area contributed by atoms with E-state index in [4.69, 9.17) is 5.26 Å². The lowest BCUT2D eigenvalue weighted by molar-refractivity contribution is 0.0576. The lowest BCUT2D eigenvalue weighted by Crippen LogP contribution is -2.56. The minimum atomic E-state index is 0.324. The van der Waals surface area contributed by atoms with E-state index < -0.39 is 0 Å². The van der Waals surface area contributed by atoms with E-state index >= 15 is 0 Å². The van der Waals surface area contributed by atoms with Crippen LogP contribution >= 0.6 is 0 Å². The van der Waals surface area contributed by atoms with Crippen LogP contribution in [0.4, 0.5) is 0 Å². The van der Waals surface area contributed by atoms with E-state index in [1.165, 1.54) is 24.8 Å². The molecule has 0 bridgehead atoms. The summed E-state index contributed by atoms with van der Waals surface area (Å²) >= 11 is 0. The zero-order valence-corrected chi connectivity index (χ0v) is 12.1. The van der Waals surface area contributed by atoms with Crippen molar-refractivity contribution in [2.45, 2.75) is 37.8 Å². The first-order valence-corrected chi connectivity index (χ1v) is 6.98. The number of hydrogen-bond acceptors (Lipinski definition) is 3. The van der Waals surface area contributed by atoms with Crippen LogP contribution in [-0.2, 0) is 0 Å². The van der Waals surface area contributed by atoms with Gasteiger partial charge in [0.1, 0.15) is 0 Å². The van der Waals surface area contributed by atoms with Crippen molar-refractivity contribution in [2.75, 3.05) is 20.6 Å². The number of nitrogens with zero attached hydrogens (tertiary/aromatic N) is 2. The molecule has 0 aliphatic heterocycles. The van der Waals surface area contributed by atoms with Crippen LogP contribution in [-0.4, -0.2) is 31.1 Å². The third-order valence-corrected chi connectivity index (χ3v) is 4.51. The lowest BCUT2D eigenvalue weighted by Gasteiger charge is -2.48. The van der Waals surface area contributed by atoms with Crippen molar-refractivity contribution in [3.05, 3.63) is 35.4 Å². The molecule has 0 amide bonds. The summed E-state index contributed by atoms with van der Waals surface area (Å²) in [6.07, 6.45) is 3.91. The molecule has 102 valence electrons. The van der Waals surface area contributed by atoms with Crippen molar-refractivity contribution in [1.29, 1.82) is 5.26 Å². The summed E-state index contributed by atoms with van der Waals surface area (Å²) < 4.78 is 0. The summed E-state index contributed by atoms with van der Waals surface area (Å²) in [5, 5.41) is 12.4. The third kappa shape index (κ3) is 2.97. The van der Waals surface area contributed by atoms with Gasteiger partial charge in [0.25, 0.3) is 0 Å². The molecule has 0 radical (unpaired) electrons. The van der Waals surface area contributed by atoms with E-state index in [2.05, 4.69) is 37.3 Å². The minimum absolute atomic E-state index is 0.324. The second-order valence-electron chi connectivity index (χ2n) is 5.81. The molecule has 1 fully saturated rings. The Bertz CT molecular complexity index is 452. The second-order valence-corrected chi connectivity index (χ2v) is 5.81. The third-order valence-electron chi connectivity index (χ3n) is 4.51. The maximum Gasteiger partial charge on any atom is 0.0991 e. The molecule has 0 spiro atoms. The van der Waals surface area contributed by atoms with Crippen LogP contribution in [0.3, 0.4) is 0 Å². The zero-order valence-electron chi connectivity index (χ0n) is 12.1. The number of hydrogen-bond donors (Lipinski definition) is 1. The number of nitrogens with one attached hydrogen (secondary N) is 1. The topological polar surface area (TPSA) is 39.1 Å². The maximum atomic E-state index is 8.81. The van der Waals surface area contributed by atoms with Gasteiger partial charge in [-0.1, -0.05) is 12.1 Å². The van der Waals surface area contributed by atoms with Crippen molar-refractivity contribution in [2.24, 2.45) is 0 Å². The van der Waals surface area contributed by atoms with Gasteiger partial charge in [0.2, 0.25) is 0 Å². The van der Waals surface area contributed by atoms with Gasteiger partial charge in [-0.15, -0.1) is 0 Å². The van der Waals surface area contributed by atoms with Gasteiger partial charge in [-0.05, 0) is 58.0 Å². The Labute approximate surface area is 116 Å². The summed E-state index contributed by atoms with van der Waals surface area (Å²) in [5.41, 5.74) is 2.31. The molecule has 1 aliphatic rings. The van der Waals surface area contributed by atoms with Crippen molar-refractivity contribution in [3.8, 4) is 6.07 Å². The first kappa shape index (κ1) is 14.0. The monoisotopic (exact) mass is 257 g/mol. The first-order chi connectivity index (χ1) is 9.07. The second kappa shape index (κ2) is 5.73. The quantitative estimate of drug-likeness (QED) is 0.881. The van der Waals surface area contributed by atoms with Crippen molar-refractivity contribution in [3.63, 3.8) is 0 Å². The van der Waals surface area contributed by atoms with Crippen LogP contribution in [0.25, 0.3) is 0 Å². The fraction of sp³-hybridized carbons (Fsp3) is 0.562. The molecule has 1 aromatic carbocycles. The molecule has 1 aliphatic carbocycles. The molecule has 1 N–H and O–H groups in total.